The summed E-state index contributed by atoms with van der Waals surface area (Å²) in [6, 6.07) is 26.7. The number of amides is 2. The standard InChI is InChI=1S/C48H62N2O8/c1-44(2,3)40(47(53,32-22-12-16-26-36(32)55-7)33-23-13-17-27-37(33)56-8)49-42(51)46(30-20-11-21-31-46)43(52)50-41(45(4,5)6)48(54,34-24-14-18-28-38(34)57-9)35-25-15-19-29-39(35)58-10/h12-19,22-29,40-41,53-54H,11,20-21,30-31H2,1-10H3,(H,49,51)(H,50,52)/t40-,41-/m1/s1. The molecule has 58 heavy (non-hydrogen) atoms. The number of hydrogen-bond acceptors (Lipinski definition) is 8. The van der Waals surface area contributed by atoms with E-state index >= 15 is 9.59 Å². The summed E-state index contributed by atoms with van der Waals surface area (Å²) in [5, 5.41) is 33.4. The van der Waals surface area contributed by atoms with Crippen molar-refractivity contribution in [2.75, 3.05) is 28.4 Å². The van der Waals surface area contributed by atoms with Crippen molar-refractivity contribution in [3.8, 4) is 23.0 Å². The SMILES string of the molecule is COc1ccccc1C(O)(c1ccccc1OC)[C@H](NC(=O)C1(C(=O)N[C@H](C(C)(C)C)C(O)(c2ccccc2OC)c2ccccc2OC)CCCCC1)C(C)(C)C. The number of ether oxygens (including phenoxy) is 4. The zero-order valence-corrected chi connectivity index (χ0v) is 35.8. The van der Waals surface area contributed by atoms with Crippen LogP contribution in [0.1, 0.15) is 95.9 Å². The zero-order chi connectivity index (χ0) is 42.5. The van der Waals surface area contributed by atoms with E-state index in [0.717, 1.165) is 6.42 Å². The summed E-state index contributed by atoms with van der Waals surface area (Å²) in [5.74, 6) is 0.653. The average molecular weight is 795 g/mol. The van der Waals surface area contributed by atoms with Crippen LogP contribution in [0, 0.1) is 16.2 Å². The van der Waals surface area contributed by atoms with Crippen LogP contribution in [0.3, 0.4) is 0 Å². The van der Waals surface area contributed by atoms with Crippen LogP contribution >= 0.6 is 0 Å². The molecule has 0 radical (unpaired) electrons. The molecule has 10 heteroatoms. The van der Waals surface area contributed by atoms with Crippen LogP contribution in [0.4, 0.5) is 0 Å². The van der Waals surface area contributed by atoms with Crippen LogP contribution in [-0.2, 0) is 20.8 Å². The number of aliphatic hydroxyl groups is 2. The zero-order valence-electron chi connectivity index (χ0n) is 35.8. The van der Waals surface area contributed by atoms with Crippen molar-refractivity contribution < 1.29 is 38.7 Å². The topological polar surface area (TPSA) is 136 Å². The number of nitrogens with one attached hydrogen (secondary N) is 2. The molecule has 5 rings (SSSR count). The summed E-state index contributed by atoms with van der Waals surface area (Å²) in [6.45, 7) is 11.7. The maximum Gasteiger partial charge on any atom is 0.236 e. The Morgan fingerprint density at radius 2 is 0.759 bits per heavy atom. The third-order valence-corrected chi connectivity index (χ3v) is 11.8. The second kappa shape index (κ2) is 17.4. The van der Waals surface area contributed by atoms with Gasteiger partial charge in [-0.15, -0.1) is 0 Å². The van der Waals surface area contributed by atoms with Gasteiger partial charge in [0.25, 0.3) is 0 Å². The molecule has 2 atom stereocenters. The van der Waals surface area contributed by atoms with Crippen molar-refractivity contribution in [3.63, 3.8) is 0 Å². The van der Waals surface area contributed by atoms with E-state index in [1.54, 1.807) is 48.5 Å². The summed E-state index contributed by atoms with van der Waals surface area (Å²) >= 11 is 0. The van der Waals surface area contributed by atoms with E-state index in [9.17, 15) is 10.2 Å². The molecule has 312 valence electrons. The van der Waals surface area contributed by atoms with Gasteiger partial charge in [0.05, 0.1) is 40.5 Å². The van der Waals surface area contributed by atoms with Gasteiger partial charge in [-0.3, -0.25) is 9.59 Å². The number of rotatable bonds is 14. The maximum absolute atomic E-state index is 15.4. The number of para-hydroxylation sites is 4. The summed E-state index contributed by atoms with van der Waals surface area (Å²) in [5.41, 5.74) is -5.24. The Labute approximate surface area is 344 Å². The number of carbonyl (C=O) groups is 2. The summed E-state index contributed by atoms with van der Waals surface area (Å²) in [7, 11) is 6.15. The van der Waals surface area contributed by atoms with Gasteiger partial charge in [-0.05, 0) is 47.9 Å². The third kappa shape index (κ3) is 8.14. The highest BCUT2D eigenvalue weighted by atomic mass is 16.5. The number of carbonyl (C=O) groups excluding carboxylic acids is 2. The Morgan fingerprint density at radius 1 is 0.500 bits per heavy atom. The minimum absolute atomic E-state index is 0.266. The first kappa shape index (κ1) is 44.1. The van der Waals surface area contributed by atoms with Crippen LogP contribution in [-0.4, -0.2) is 62.6 Å². The first-order valence-electron chi connectivity index (χ1n) is 20.1. The molecule has 1 aliphatic carbocycles. The molecule has 0 bridgehead atoms. The van der Waals surface area contributed by atoms with Crippen molar-refractivity contribution in [1.29, 1.82) is 0 Å². The van der Waals surface area contributed by atoms with Crippen LogP contribution in [0.2, 0.25) is 0 Å². The normalized spacial score (nSPS) is 15.7. The van der Waals surface area contributed by atoms with E-state index in [4.69, 9.17) is 18.9 Å². The fourth-order valence-corrected chi connectivity index (χ4v) is 8.90. The lowest BCUT2D eigenvalue weighted by Crippen LogP contribution is -2.65. The predicted molar refractivity (Wildman–Crippen MR) is 226 cm³/mol. The van der Waals surface area contributed by atoms with Crippen molar-refractivity contribution >= 4 is 11.8 Å². The van der Waals surface area contributed by atoms with Crippen molar-refractivity contribution in [2.24, 2.45) is 16.2 Å². The fraction of sp³-hybridized carbons (Fsp3) is 0.458. The van der Waals surface area contributed by atoms with E-state index in [1.165, 1.54) is 28.4 Å². The Morgan fingerprint density at radius 3 is 1.00 bits per heavy atom. The molecule has 0 unspecified atom stereocenters. The molecule has 0 spiro atoms. The predicted octanol–water partition coefficient (Wildman–Crippen LogP) is 7.91. The molecule has 4 N–H and O–H groups in total. The van der Waals surface area contributed by atoms with E-state index in [0.29, 0.717) is 58.1 Å². The van der Waals surface area contributed by atoms with E-state index in [-0.39, 0.29) is 12.8 Å². The highest BCUT2D eigenvalue weighted by Crippen LogP contribution is 2.50. The molecule has 1 fully saturated rings. The molecule has 4 aromatic rings. The highest BCUT2D eigenvalue weighted by molar-refractivity contribution is 6.05. The molecule has 4 aromatic carbocycles. The van der Waals surface area contributed by atoms with E-state index in [1.807, 2.05) is 90.1 Å². The molecule has 0 aliphatic heterocycles. The molecule has 0 heterocycles. The molecular weight excluding hydrogens is 733 g/mol. The van der Waals surface area contributed by atoms with Crippen LogP contribution < -0.4 is 29.6 Å². The van der Waals surface area contributed by atoms with Gasteiger partial charge < -0.3 is 39.8 Å². The second-order valence-corrected chi connectivity index (χ2v) is 17.5. The Kier molecular flexibility index (Phi) is 13.2. The molecular formula is C48H62N2O8. The molecule has 10 nitrogen and oxygen atoms in total. The summed E-state index contributed by atoms with van der Waals surface area (Å²) in [6.07, 6.45) is 2.65. The van der Waals surface area contributed by atoms with Gasteiger partial charge >= 0.3 is 0 Å². The highest BCUT2D eigenvalue weighted by Gasteiger charge is 2.56. The number of benzene rings is 4. The lowest BCUT2D eigenvalue weighted by molar-refractivity contribution is -0.151. The van der Waals surface area contributed by atoms with Crippen LogP contribution in [0.25, 0.3) is 0 Å². The fourth-order valence-electron chi connectivity index (χ4n) is 8.90. The average Bonchev–Trinajstić information content (AvgIpc) is 3.23. The molecule has 0 saturated heterocycles. The van der Waals surface area contributed by atoms with Crippen molar-refractivity contribution in [3.05, 3.63) is 119 Å². The van der Waals surface area contributed by atoms with E-state index < -0.39 is 51.3 Å². The molecule has 1 saturated carbocycles. The Balaban J connectivity index is 1.69. The van der Waals surface area contributed by atoms with Gasteiger partial charge in [-0.25, -0.2) is 0 Å². The lowest BCUT2D eigenvalue weighted by Gasteiger charge is -2.48. The van der Waals surface area contributed by atoms with Gasteiger partial charge in [-0.1, -0.05) is 134 Å². The molecule has 0 aromatic heterocycles. The molecule has 1 aliphatic rings. The quantitative estimate of drug-likeness (QED) is 0.0947. The first-order chi connectivity index (χ1) is 27.4. The van der Waals surface area contributed by atoms with Gasteiger partial charge in [0.2, 0.25) is 11.8 Å². The largest absolute Gasteiger partial charge is 0.496 e. The number of methoxy groups -OCH3 is 4. The van der Waals surface area contributed by atoms with Crippen molar-refractivity contribution in [1.82, 2.24) is 10.6 Å². The third-order valence-electron chi connectivity index (χ3n) is 11.8. The molecule has 2 amide bonds. The second-order valence-electron chi connectivity index (χ2n) is 17.5. The van der Waals surface area contributed by atoms with Crippen molar-refractivity contribution in [2.45, 2.75) is 96.9 Å². The van der Waals surface area contributed by atoms with E-state index in [2.05, 4.69) is 10.6 Å². The van der Waals surface area contributed by atoms with Crippen LogP contribution in [0.5, 0.6) is 23.0 Å². The summed E-state index contributed by atoms with van der Waals surface area (Å²) in [4.78, 5) is 30.8. The summed E-state index contributed by atoms with van der Waals surface area (Å²) < 4.78 is 23.3. The smallest absolute Gasteiger partial charge is 0.236 e. The Hall–Kier alpha value is -5.06. The Bertz CT molecular complexity index is 1810. The van der Waals surface area contributed by atoms with Gasteiger partial charge in [0, 0.05) is 22.3 Å². The van der Waals surface area contributed by atoms with Gasteiger partial charge in [-0.2, -0.15) is 0 Å². The van der Waals surface area contributed by atoms with Crippen LogP contribution in [0.15, 0.2) is 97.1 Å². The van der Waals surface area contributed by atoms with Gasteiger partial charge in [0.1, 0.15) is 39.6 Å². The number of hydrogen-bond donors (Lipinski definition) is 4. The minimum atomic E-state index is -1.90. The van der Waals surface area contributed by atoms with Gasteiger partial charge in [0.15, 0.2) is 0 Å². The monoisotopic (exact) mass is 794 g/mol. The first-order valence-corrected chi connectivity index (χ1v) is 20.1. The maximum atomic E-state index is 15.4. The lowest BCUT2D eigenvalue weighted by atomic mass is 9.66. The minimum Gasteiger partial charge on any atom is -0.496 e.